The summed E-state index contributed by atoms with van der Waals surface area (Å²) >= 11 is 0. The van der Waals surface area contributed by atoms with E-state index in [1.54, 1.807) is 5.48 Å². The van der Waals surface area contributed by atoms with Gasteiger partial charge in [0.2, 0.25) is 5.91 Å². The summed E-state index contributed by atoms with van der Waals surface area (Å²) in [6.45, 7) is 0. The Bertz CT molecular complexity index is 588. The summed E-state index contributed by atoms with van der Waals surface area (Å²) in [6.07, 6.45) is 6.07. The summed E-state index contributed by atoms with van der Waals surface area (Å²) in [5, 5.41) is 8.44. The third-order valence-electron chi connectivity index (χ3n) is 3.25. The first-order valence-corrected chi connectivity index (χ1v) is 7.00. The highest BCUT2D eigenvalue weighted by Gasteiger charge is 2.00. The lowest BCUT2D eigenvalue weighted by Crippen LogP contribution is -2.18. The Morgan fingerprint density at radius 3 is 2.38 bits per heavy atom. The molecule has 0 saturated heterocycles. The van der Waals surface area contributed by atoms with Gasteiger partial charge in [-0.2, -0.15) is 0 Å². The predicted octanol–water partition coefficient (Wildman–Crippen LogP) is 3.38. The quantitative estimate of drug-likeness (QED) is 0.630. The average molecular weight is 281 g/mol. The van der Waals surface area contributed by atoms with Crippen molar-refractivity contribution < 1.29 is 10.0 Å². The van der Waals surface area contributed by atoms with Crippen molar-refractivity contribution in [3.63, 3.8) is 0 Å². The first-order chi connectivity index (χ1) is 10.3. The SMILES string of the molecule is O=C(CCc1ccc(C=CCc2ccccc2)cc1)NO. The van der Waals surface area contributed by atoms with Crippen LogP contribution >= 0.6 is 0 Å². The zero-order valence-electron chi connectivity index (χ0n) is 11.8. The van der Waals surface area contributed by atoms with Crippen LogP contribution in [0.3, 0.4) is 0 Å². The first kappa shape index (κ1) is 15.0. The zero-order chi connectivity index (χ0) is 14.9. The maximum Gasteiger partial charge on any atom is 0.243 e. The highest BCUT2D eigenvalue weighted by atomic mass is 16.5. The van der Waals surface area contributed by atoms with Crippen LogP contribution in [-0.4, -0.2) is 11.1 Å². The second kappa shape index (κ2) is 8.02. The van der Waals surface area contributed by atoms with Gasteiger partial charge in [0.15, 0.2) is 0 Å². The lowest BCUT2D eigenvalue weighted by Gasteiger charge is -2.01. The molecule has 0 spiro atoms. The number of carbonyl (C=O) groups is 1. The van der Waals surface area contributed by atoms with Crippen LogP contribution in [0.5, 0.6) is 0 Å². The minimum atomic E-state index is -0.359. The van der Waals surface area contributed by atoms with E-state index in [4.69, 9.17) is 5.21 Å². The van der Waals surface area contributed by atoms with Gasteiger partial charge in [0.05, 0.1) is 0 Å². The molecule has 0 saturated carbocycles. The van der Waals surface area contributed by atoms with Gasteiger partial charge in [0.1, 0.15) is 0 Å². The molecule has 0 atom stereocenters. The van der Waals surface area contributed by atoms with E-state index in [9.17, 15) is 4.79 Å². The molecule has 0 aliphatic heterocycles. The topological polar surface area (TPSA) is 49.3 Å². The third kappa shape index (κ3) is 5.24. The molecule has 0 radical (unpaired) electrons. The van der Waals surface area contributed by atoms with Gasteiger partial charge in [-0.05, 0) is 29.5 Å². The van der Waals surface area contributed by atoms with Gasteiger partial charge >= 0.3 is 0 Å². The highest BCUT2D eigenvalue weighted by molar-refractivity contribution is 5.74. The molecular weight excluding hydrogens is 262 g/mol. The summed E-state index contributed by atoms with van der Waals surface area (Å²) < 4.78 is 0. The Balaban J connectivity index is 1.86. The van der Waals surface area contributed by atoms with E-state index in [0.29, 0.717) is 12.8 Å². The van der Waals surface area contributed by atoms with Crippen LogP contribution in [0.2, 0.25) is 0 Å². The summed E-state index contributed by atoms with van der Waals surface area (Å²) in [4.78, 5) is 11.0. The molecule has 0 aromatic heterocycles. The number of nitrogens with one attached hydrogen (secondary N) is 1. The molecule has 2 aromatic carbocycles. The number of hydroxylamine groups is 1. The number of carbonyl (C=O) groups excluding carboxylic acids is 1. The number of benzene rings is 2. The predicted molar refractivity (Wildman–Crippen MR) is 83.9 cm³/mol. The normalized spacial score (nSPS) is 10.7. The largest absolute Gasteiger partial charge is 0.289 e. The van der Waals surface area contributed by atoms with E-state index in [1.807, 2.05) is 42.5 Å². The van der Waals surface area contributed by atoms with Crippen molar-refractivity contribution in [3.8, 4) is 0 Å². The molecule has 108 valence electrons. The van der Waals surface area contributed by atoms with E-state index in [-0.39, 0.29) is 5.91 Å². The van der Waals surface area contributed by atoms with Crippen molar-refractivity contribution in [2.75, 3.05) is 0 Å². The minimum absolute atomic E-state index is 0.291. The van der Waals surface area contributed by atoms with Crippen LogP contribution < -0.4 is 5.48 Å². The van der Waals surface area contributed by atoms with Crippen molar-refractivity contribution in [1.82, 2.24) is 5.48 Å². The summed E-state index contributed by atoms with van der Waals surface area (Å²) in [6, 6.07) is 18.4. The highest BCUT2D eigenvalue weighted by Crippen LogP contribution is 2.09. The zero-order valence-corrected chi connectivity index (χ0v) is 11.8. The Kier molecular flexibility index (Phi) is 5.73. The van der Waals surface area contributed by atoms with E-state index in [1.165, 1.54) is 5.56 Å². The van der Waals surface area contributed by atoms with Crippen molar-refractivity contribution in [2.24, 2.45) is 0 Å². The van der Waals surface area contributed by atoms with Crippen LogP contribution in [0, 0.1) is 0 Å². The fourth-order valence-corrected chi connectivity index (χ4v) is 2.05. The van der Waals surface area contributed by atoms with Crippen LogP contribution in [0.15, 0.2) is 60.7 Å². The number of allylic oxidation sites excluding steroid dienone is 1. The molecular formula is C18H19NO2. The van der Waals surface area contributed by atoms with Gasteiger partial charge in [-0.3, -0.25) is 10.0 Å². The summed E-state index contributed by atoms with van der Waals surface area (Å²) in [7, 11) is 0. The van der Waals surface area contributed by atoms with Crippen LogP contribution in [-0.2, 0) is 17.6 Å². The van der Waals surface area contributed by atoms with Crippen molar-refractivity contribution in [1.29, 1.82) is 0 Å². The molecule has 2 aromatic rings. The fourth-order valence-electron chi connectivity index (χ4n) is 2.05. The van der Waals surface area contributed by atoms with E-state index in [2.05, 4.69) is 24.3 Å². The Morgan fingerprint density at radius 1 is 1.00 bits per heavy atom. The smallest absolute Gasteiger partial charge is 0.243 e. The molecule has 0 aliphatic carbocycles. The number of rotatable bonds is 6. The van der Waals surface area contributed by atoms with Gasteiger partial charge in [0, 0.05) is 6.42 Å². The van der Waals surface area contributed by atoms with Crippen LogP contribution in [0.25, 0.3) is 6.08 Å². The molecule has 2 rings (SSSR count). The molecule has 0 unspecified atom stereocenters. The maximum atomic E-state index is 11.0. The summed E-state index contributed by atoms with van der Waals surface area (Å²) in [5.41, 5.74) is 5.15. The Hall–Kier alpha value is -2.39. The molecule has 3 heteroatoms. The van der Waals surface area contributed by atoms with Gasteiger partial charge in [-0.15, -0.1) is 0 Å². The van der Waals surface area contributed by atoms with Crippen molar-refractivity contribution in [3.05, 3.63) is 77.4 Å². The molecule has 3 nitrogen and oxygen atoms in total. The van der Waals surface area contributed by atoms with Gasteiger partial charge in [-0.25, -0.2) is 5.48 Å². The number of hydrogen-bond acceptors (Lipinski definition) is 2. The molecule has 2 N–H and O–H groups in total. The monoisotopic (exact) mass is 281 g/mol. The standard InChI is InChI=1S/C18H19NO2/c20-18(19-21)14-13-17-11-9-16(10-12-17)8-4-7-15-5-2-1-3-6-15/h1-6,8-12,21H,7,13-14H2,(H,19,20). The number of aryl methyl sites for hydroxylation is 1. The molecule has 0 heterocycles. The number of hydrogen-bond donors (Lipinski definition) is 2. The average Bonchev–Trinajstić information content (AvgIpc) is 2.55. The fraction of sp³-hybridized carbons (Fsp3) is 0.167. The van der Waals surface area contributed by atoms with E-state index >= 15 is 0 Å². The second-order valence-electron chi connectivity index (χ2n) is 4.87. The molecule has 0 bridgehead atoms. The summed E-state index contributed by atoms with van der Waals surface area (Å²) in [5.74, 6) is -0.359. The van der Waals surface area contributed by atoms with Gasteiger partial charge in [0.25, 0.3) is 0 Å². The van der Waals surface area contributed by atoms with E-state index in [0.717, 1.165) is 17.5 Å². The lowest BCUT2D eigenvalue weighted by molar-refractivity contribution is -0.129. The molecule has 0 aliphatic rings. The Morgan fingerprint density at radius 2 is 1.71 bits per heavy atom. The molecule has 21 heavy (non-hydrogen) atoms. The first-order valence-electron chi connectivity index (χ1n) is 7.00. The van der Waals surface area contributed by atoms with Crippen LogP contribution in [0.1, 0.15) is 23.1 Å². The number of amides is 1. The van der Waals surface area contributed by atoms with Crippen molar-refractivity contribution in [2.45, 2.75) is 19.3 Å². The Labute approximate surface area is 124 Å². The van der Waals surface area contributed by atoms with Crippen molar-refractivity contribution >= 4 is 12.0 Å². The third-order valence-corrected chi connectivity index (χ3v) is 3.25. The van der Waals surface area contributed by atoms with E-state index < -0.39 is 0 Å². The van der Waals surface area contributed by atoms with Gasteiger partial charge in [-0.1, -0.05) is 66.7 Å². The maximum absolute atomic E-state index is 11.0. The lowest BCUT2D eigenvalue weighted by atomic mass is 10.1. The molecule has 1 amide bonds. The minimum Gasteiger partial charge on any atom is -0.289 e. The van der Waals surface area contributed by atoms with Crippen LogP contribution in [0.4, 0.5) is 0 Å². The van der Waals surface area contributed by atoms with Gasteiger partial charge < -0.3 is 0 Å². The second-order valence-corrected chi connectivity index (χ2v) is 4.87. The molecule has 0 fully saturated rings.